The van der Waals surface area contributed by atoms with Gasteiger partial charge in [-0.05, 0) is 0 Å². The molecule has 64 valence electrons. The van der Waals surface area contributed by atoms with Crippen LogP contribution in [0.15, 0.2) is 0 Å². The SMILES string of the molecule is COCC(OC)C(=O)C(=O)O. The fraction of sp³-hybridized carbons (Fsp3) is 0.667. The van der Waals surface area contributed by atoms with Gasteiger partial charge in [0, 0.05) is 14.2 Å². The molecular weight excluding hydrogens is 152 g/mol. The minimum atomic E-state index is -1.51. The van der Waals surface area contributed by atoms with Crippen LogP contribution in [0.2, 0.25) is 0 Å². The number of rotatable bonds is 5. The van der Waals surface area contributed by atoms with E-state index in [-0.39, 0.29) is 6.61 Å². The first-order valence-electron chi connectivity index (χ1n) is 2.92. The molecule has 5 nitrogen and oxygen atoms in total. The molecule has 0 aliphatic rings. The highest BCUT2D eigenvalue weighted by atomic mass is 16.5. The van der Waals surface area contributed by atoms with Crippen molar-refractivity contribution in [2.75, 3.05) is 20.8 Å². The van der Waals surface area contributed by atoms with Crippen molar-refractivity contribution in [2.24, 2.45) is 0 Å². The van der Waals surface area contributed by atoms with E-state index in [0.29, 0.717) is 0 Å². The summed E-state index contributed by atoms with van der Waals surface area (Å²) >= 11 is 0. The summed E-state index contributed by atoms with van der Waals surface area (Å²) in [5.74, 6) is -2.50. The number of carbonyl (C=O) groups excluding carboxylic acids is 1. The Kier molecular flexibility index (Phi) is 4.40. The van der Waals surface area contributed by atoms with Gasteiger partial charge in [-0.3, -0.25) is 4.79 Å². The Morgan fingerprint density at radius 1 is 1.45 bits per heavy atom. The highest BCUT2D eigenvalue weighted by Crippen LogP contribution is 1.92. The van der Waals surface area contributed by atoms with Gasteiger partial charge in [-0.1, -0.05) is 0 Å². The molecule has 0 spiro atoms. The highest BCUT2D eigenvalue weighted by Gasteiger charge is 2.23. The molecule has 0 rings (SSSR count). The van der Waals surface area contributed by atoms with Gasteiger partial charge in [0.05, 0.1) is 6.61 Å². The fourth-order valence-corrected chi connectivity index (χ4v) is 0.540. The molecule has 1 N–H and O–H groups in total. The number of carbonyl (C=O) groups is 2. The molecule has 0 saturated heterocycles. The maximum atomic E-state index is 10.7. The number of ether oxygens (including phenoxy) is 2. The smallest absolute Gasteiger partial charge is 0.375 e. The van der Waals surface area contributed by atoms with Gasteiger partial charge in [0.15, 0.2) is 6.10 Å². The van der Waals surface area contributed by atoms with E-state index in [1.54, 1.807) is 0 Å². The van der Waals surface area contributed by atoms with E-state index < -0.39 is 17.9 Å². The monoisotopic (exact) mass is 162 g/mol. The lowest BCUT2D eigenvalue weighted by molar-refractivity contribution is -0.155. The number of aliphatic carboxylic acids is 1. The molecule has 1 unspecified atom stereocenters. The molecule has 0 aromatic heterocycles. The highest BCUT2D eigenvalue weighted by molar-refractivity contribution is 6.34. The van der Waals surface area contributed by atoms with Crippen LogP contribution >= 0.6 is 0 Å². The summed E-state index contributed by atoms with van der Waals surface area (Å²) in [5, 5.41) is 8.23. The number of hydrogen-bond acceptors (Lipinski definition) is 4. The van der Waals surface area contributed by atoms with Crippen LogP contribution in [0.25, 0.3) is 0 Å². The average molecular weight is 162 g/mol. The van der Waals surface area contributed by atoms with Crippen LogP contribution < -0.4 is 0 Å². The zero-order chi connectivity index (χ0) is 8.85. The lowest BCUT2D eigenvalue weighted by Gasteiger charge is -2.08. The van der Waals surface area contributed by atoms with E-state index >= 15 is 0 Å². The number of carboxylic acids is 1. The zero-order valence-electron chi connectivity index (χ0n) is 6.36. The van der Waals surface area contributed by atoms with E-state index in [1.165, 1.54) is 14.2 Å². The second kappa shape index (κ2) is 4.81. The van der Waals surface area contributed by atoms with Gasteiger partial charge in [-0.2, -0.15) is 0 Å². The minimum absolute atomic E-state index is 0.0400. The largest absolute Gasteiger partial charge is 0.475 e. The van der Waals surface area contributed by atoms with Crippen molar-refractivity contribution in [1.82, 2.24) is 0 Å². The number of hydrogen-bond donors (Lipinski definition) is 1. The number of ketones is 1. The summed E-state index contributed by atoms with van der Waals surface area (Å²) in [6.45, 7) is -0.0400. The average Bonchev–Trinajstić information content (AvgIpc) is 1.98. The molecular formula is C6H10O5. The van der Waals surface area contributed by atoms with E-state index in [4.69, 9.17) is 5.11 Å². The number of Topliss-reactive ketones (excluding diaryl/α,β-unsaturated/α-hetero) is 1. The molecule has 0 aliphatic heterocycles. The molecule has 0 radical (unpaired) electrons. The summed E-state index contributed by atoms with van der Waals surface area (Å²) in [6, 6.07) is 0. The first kappa shape index (κ1) is 10.1. The first-order valence-corrected chi connectivity index (χ1v) is 2.92. The van der Waals surface area contributed by atoms with Crippen molar-refractivity contribution in [1.29, 1.82) is 0 Å². The fourth-order valence-electron chi connectivity index (χ4n) is 0.540. The van der Waals surface area contributed by atoms with Crippen molar-refractivity contribution in [3.05, 3.63) is 0 Å². The normalized spacial score (nSPS) is 12.5. The van der Waals surface area contributed by atoms with Crippen LogP contribution in [0.4, 0.5) is 0 Å². The molecule has 0 fully saturated rings. The molecule has 0 bridgehead atoms. The van der Waals surface area contributed by atoms with Crippen LogP contribution in [0, 0.1) is 0 Å². The van der Waals surface area contributed by atoms with Crippen LogP contribution in [0.1, 0.15) is 0 Å². The van der Waals surface area contributed by atoms with Gasteiger partial charge < -0.3 is 14.6 Å². The summed E-state index contributed by atoms with van der Waals surface area (Å²) in [7, 11) is 2.62. The summed E-state index contributed by atoms with van der Waals surface area (Å²) in [6.07, 6.45) is -1.00. The molecule has 0 aliphatic carbocycles. The first-order chi connectivity index (χ1) is 5.13. The number of carboxylic acid groups (broad SMARTS) is 1. The van der Waals surface area contributed by atoms with E-state index in [0.717, 1.165) is 0 Å². The molecule has 0 aromatic carbocycles. The zero-order valence-corrected chi connectivity index (χ0v) is 6.36. The van der Waals surface area contributed by atoms with Crippen molar-refractivity contribution < 1.29 is 24.2 Å². The Labute approximate surface area is 63.9 Å². The Hall–Kier alpha value is -0.940. The van der Waals surface area contributed by atoms with Crippen molar-refractivity contribution in [3.63, 3.8) is 0 Å². The Bertz CT molecular complexity index is 153. The Morgan fingerprint density at radius 3 is 2.27 bits per heavy atom. The van der Waals surface area contributed by atoms with Gasteiger partial charge >= 0.3 is 5.97 Å². The lowest BCUT2D eigenvalue weighted by atomic mass is 10.2. The molecule has 5 heteroatoms. The quantitative estimate of drug-likeness (QED) is 0.541. The number of methoxy groups -OCH3 is 2. The predicted octanol–water partition coefficient (Wildman–Crippen LogP) is -0.698. The summed E-state index contributed by atoms with van der Waals surface area (Å²) in [5.41, 5.74) is 0. The molecule has 0 aromatic rings. The standard InChI is InChI=1S/C6H10O5/c1-10-3-4(11-2)5(7)6(8)9/h4H,3H2,1-2H3,(H,8,9). The summed E-state index contributed by atoms with van der Waals surface area (Å²) in [4.78, 5) is 20.7. The van der Waals surface area contributed by atoms with Crippen molar-refractivity contribution in [2.45, 2.75) is 6.10 Å². The maximum absolute atomic E-state index is 10.7. The third kappa shape index (κ3) is 3.10. The van der Waals surface area contributed by atoms with E-state index in [1.807, 2.05) is 0 Å². The molecule has 0 amide bonds. The third-order valence-corrected chi connectivity index (χ3v) is 1.11. The second-order valence-electron chi connectivity index (χ2n) is 1.85. The molecule has 11 heavy (non-hydrogen) atoms. The van der Waals surface area contributed by atoms with Gasteiger partial charge in [0.1, 0.15) is 0 Å². The summed E-state index contributed by atoms with van der Waals surface area (Å²) < 4.78 is 9.12. The lowest BCUT2D eigenvalue weighted by Crippen LogP contribution is -2.33. The van der Waals surface area contributed by atoms with E-state index in [2.05, 4.69) is 9.47 Å². The second-order valence-corrected chi connectivity index (χ2v) is 1.85. The van der Waals surface area contributed by atoms with Crippen molar-refractivity contribution >= 4 is 11.8 Å². The third-order valence-electron chi connectivity index (χ3n) is 1.11. The van der Waals surface area contributed by atoms with Crippen molar-refractivity contribution in [3.8, 4) is 0 Å². The molecule has 0 heterocycles. The Morgan fingerprint density at radius 2 is 2.00 bits per heavy atom. The van der Waals surface area contributed by atoms with Gasteiger partial charge in [-0.15, -0.1) is 0 Å². The topological polar surface area (TPSA) is 72.8 Å². The van der Waals surface area contributed by atoms with Crippen LogP contribution in [0.3, 0.4) is 0 Å². The van der Waals surface area contributed by atoms with E-state index in [9.17, 15) is 9.59 Å². The predicted molar refractivity (Wildman–Crippen MR) is 35.3 cm³/mol. The van der Waals surface area contributed by atoms with Crippen LogP contribution in [-0.2, 0) is 19.1 Å². The Balaban J connectivity index is 4.02. The van der Waals surface area contributed by atoms with Gasteiger partial charge in [0.2, 0.25) is 0 Å². The minimum Gasteiger partial charge on any atom is -0.475 e. The van der Waals surface area contributed by atoms with Gasteiger partial charge in [0.25, 0.3) is 5.78 Å². The van der Waals surface area contributed by atoms with Crippen LogP contribution in [0.5, 0.6) is 0 Å². The molecule has 1 atom stereocenters. The molecule has 0 saturated carbocycles. The van der Waals surface area contributed by atoms with Crippen LogP contribution in [-0.4, -0.2) is 43.8 Å². The van der Waals surface area contributed by atoms with Gasteiger partial charge in [-0.25, -0.2) is 4.79 Å². The maximum Gasteiger partial charge on any atom is 0.375 e.